The van der Waals surface area contributed by atoms with Crippen LogP contribution in [0.4, 0.5) is 0 Å². The maximum Gasteiger partial charge on any atom is 0.245 e. The maximum atomic E-state index is 13.0. The number of hydrogen-bond donors (Lipinski definition) is 7. The van der Waals surface area contributed by atoms with Crippen LogP contribution in [0.3, 0.4) is 0 Å². The van der Waals surface area contributed by atoms with Crippen molar-refractivity contribution in [1.82, 2.24) is 21.3 Å². The standard InChI is InChI=1S/C31H50N4O8/c1-3-4-5-6-7-8-9-10-14-17-28(40)32-26(20-37)30(42)35-27(21-38)31(43)33-24(18-23-15-12-11-13-16-23)29(41)34-25(19-36)22(2)39/h11-13,15-16,19,22,24-27,37-39H,3-10,14,17-18,20-21H2,1-2H3,(H,32,40)(H,33,43)(H,34,41)(H,35,42). The summed E-state index contributed by atoms with van der Waals surface area (Å²) in [6, 6.07) is 3.46. The first-order valence-corrected chi connectivity index (χ1v) is 15.3. The summed E-state index contributed by atoms with van der Waals surface area (Å²) in [5.74, 6) is -2.94. The van der Waals surface area contributed by atoms with Gasteiger partial charge in [-0.3, -0.25) is 19.2 Å². The van der Waals surface area contributed by atoms with Gasteiger partial charge in [0, 0.05) is 12.8 Å². The van der Waals surface area contributed by atoms with Gasteiger partial charge < -0.3 is 41.4 Å². The third-order valence-electron chi connectivity index (χ3n) is 7.05. The number of aldehydes is 1. The topological polar surface area (TPSA) is 194 Å². The highest BCUT2D eigenvalue weighted by Gasteiger charge is 2.30. The smallest absolute Gasteiger partial charge is 0.245 e. The molecule has 0 fully saturated rings. The van der Waals surface area contributed by atoms with Crippen molar-refractivity contribution in [1.29, 1.82) is 0 Å². The lowest BCUT2D eigenvalue weighted by atomic mass is 10.0. The molecule has 0 aromatic heterocycles. The van der Waals surface area contributed by atoms with Crippen molar-refractivity contribution in [2.24, 2.45) is 0 Å². The second-order valence-electron chi connectivity index (χ2n) is 10.8. The number of amides is 4. The summed E-state index contributed by atoms with van der Waals surface area (Å²) in [7, 11) is 0. The van der Waals surface area contributed by atoms with E-state index in [0.29, 0.717) is 18.3 Å². The molecule has 7 N–H and O–H groups in total. The monoisotopic (exact) mass is 606 g/mol. The van der Waals surface area contributed by atoms with Gasteiger partial charge in [-0.1, -0.05) is 88.6 Å². The normalized spacial score (nSPS) is 14.4. The zero-order chi connectivity index (χ0) is 32.0. The number of benzene rings is 1. The quantitative estimate of drug-likeness (QED) is 0.0697. The number of aliphatic hydroxyl groups excluding tert-OH is 3. The average Bonchev–Trinajstić information content (AvgIpc) is 3.00. The van der Waals surface area contributed by atoms with Crippen molar-refractivity contribution in [3.63, 3.8) is 0 Å². The molecule has 0 bridgehead atoms. The van der Waals surface area contributed by atoms with Crippen LogP contribution in [-0.2, 0) is 30.4 Å². The summed E-state index contributed by atoms with van der Waals surface area (Å²) in [6.45, 7) is 1.96. The number of hydrogen-bond acceptors (Lipinski definition) is 8. The van der Waals surface area contributed by atoms with Crippen LogP contribution in [0.5, 0.6) is 0 Å². The van der Waals surface area contributed by atoms with E-state index in [2.05, 4.69) is 28.2 Å². The van der Waals surface area contributed by atoms with E-state index in [1.165, 1.54) is 39.0 Å². The fourth-order valence-electron chi connectivity index (χ4n) is 4.39. The number of aliphatic hydroxyl groups is 3. The van der Waals surface area contributed by atoms with Crippen LogP contribution in [0.1, 0.15) is 83.6 Å². The van der Waals surface area contributed by atoms with Crippen LogP contribution in [-0.4, -0.2) is 88.7 Å². The first kappa shape index (κ1) is 37.7. The van der Waals surface area contributed by atoms with Crippen molar-refractivity contribution in [3.05, 3.63) is 35.9 Å². The Balaban J connectivity index is 2.69. The lowest BCUT2D eigenvalue weighted by molar-refractivity contribution is -0.135. The summed E-state index contributed by atoms with van der Waals surface area (Å²) >= 11 is 0. The lowest BCUT2D eigenvalue weighted by Gasteiger charge is -2.25. The highest BCUT2D eigenvalue weighted by atomic mass is 16.3. The van der Waals surface area contributed by atoms with Crippen LogP contribution < -0.4 is 21.3 Å². The third-order valence-corrected chi connectivity index (χ3v) is 7.05. The summed E-state index contributed by atoms with van der Waals surface area (Å²) in [4.78, 5) is 62.3. The Hall–Kier alpha value is -3.35. The van der Waals surface area contributed by atoms with E-state index in [9.17, 15) is 39.3 Å². The number of unbranched alkanes of at least 4 members (excludes halogenated alkanes) is 8. The summed E-state index contributed by atoms with van der Waals surface area (Å²) in [6.07, 6.45) is 9.18. The first-order chi connectivity index (χ1) is 20.7. The minimum Gasteiger partial charge on any atom is -0.394 e. The van der Waals surface area contributed by atoms with E-state index in [4.69, 9.17) is 0 Å². The largest absolute Gasteiger partial charge is 0.394 e. The Morgan fingerprint density at radius 2 is 1.21 bits per heavy atom. The van der Waals surface area contributed by atoms with Crippen molar-refractivity contribution >= 4 is 29.9 Å². The number of rotatable bonds is 23. The molecule has 4 amide bonds. The van der Waals surface area contributed by atoms with Gasteiger partial charge in [-0.05, 0) is 18.9 Å². The summed E-state index contributed by atoms with van der Waals surface area (Å²) in [5, 5.41) is 38.8. The fourth-order valence-corrected chi connectivity index (χ4v) is 4.39. The van der Waals surface area contributed by atoms with Crippen LogP contribution in [0.25, 0.3) is 0 Å². The first-order valence-electron chi connectivity index (χ1n) is 15.3. The Morgan fingerprint density at radius 3 is 1.72 bits per heavy atom. The molecule has 0 radical (unpaired) electrons. The van der Waals surface area contributed by atoms with E-state index in [-0.39, 0.29) is 12.8 Å². The van der Waals surface area contributed by atoms with Gasteiger partial charge >= 0.3 is 0 Å². The lowest BCUT2D eigenvalue weighted by Crippen LogP contribution is -2.59. The minimum absolute atomic E-state index is 0.0179. The third kappa shape index (κ3) is 15.6. The molecule has 43 heavy (non-hydrogen) atoms. The molecule has 0 aliphatic rings. The number of carbonyl (C=O) groups excluding carboxylic acids is 5. The van der Waals surface area contributed by atoms with Crippen LogP contribution in [0.2, 0.25) is 0 Å². The second-order valence-corrected chi connectivity index (χ2v) is 10.8. The molecule has 1 aromatic carbocycles. The molecular formula is C31H50N4O8. The molecule has 5 unspecified atom stereocenters. The molecule has 0 spiro atoms. The molecule has 0 heterocycles. The summed E-state index contributed by atoms with van der Waals surface area (Å²) < 4.78 is 0. The maximum absolute atomic E-state index is 13.0. The molecule has 0 aliphatic heterocycles. The molecule has 1 aromatic rings. The predicted octanol–water partition coefficient (Wildman–Crippen LogP) is 0.654. The Labute approximate surface area is 254 Å². The molecule has 0 saturated heterocycles. The van der Waals surface area contributed by atoms with Gasteiger partial charge in [-0.25, -0.2) is 0 Å². The van der Waals surface area contributed by atoms with Crippen molar-refractivity contribution in [2.75, 3.05) is 13.2 Å². The van der Waals surface area contributed by atoms with Crippen molar-refractivity contribution in [3.8, 4) is 0 Å². The van der Waals surface area contributed by atoms with E-state index in [1.54, 1.807) is 30.3 Å². The summed E-state index contributed by atoms with van der Waals surface area (Å²) in [5.41, 5.74) is 0.683. The van der Waals surface area contributed by atoms with Crippen LogP contribution in [0.15, 0.2) is 30.3 Å². The molecule has 242 valence electrons. The van der Waals surface area contributed by atoms with Gasteiger partial charge in [0.1, 0.15) is 30.5 Å². The average molecular weight is 607 g/mol. The minimum atomic E-state index is -1.50. The van der Waals surface area contributed by atoms with E-state index in [1.807, 2.05) is 0 Å². The van der Waals surface area contributed by atoms with Gasteiger partial charge in [0.25, 0.3) is 0 Å². The second kappa shape index (κ2) is 22.2. The van der Waals surface area contributed by atoms with E-state index < -0.39 is 67.1 Å². The van der Waals surface area contributed by atoms with Gasteiger partial charge in [-0.2, -0.15) is 0 Å². The Kier molecular flexibility index (Phi) is 19.5. The predicted molar refractivity (Wildman–Crippen MR) is 162 cm³/mol. The van der Waals surface area contributed by atoms with Gasteiger partial charge in [0.15, 0.2) is 0 Å². The van der Waals surface area contributed by atoms with Gasteiger partial charge in [0.05, 0.1) is 19.3 Å². The number of nitrogens with one attached hydrogen (secondary N) is 4. The SMILES string of the molecule is CCCCCCCCCCCC(=O)NC(CO)C(=O)NC(CO)C(=O)NC(Cc1ccccc1)C(=O)NC(C=O)C(C)O. The van der Waals surface area contributed by atoms with Gasteiger partial charge in [0.2, 0.25) is 23.6 Å². The molecule has 12 nitrogen and oxygen atoms in total. The fraction of sp³-hybridized carbons (Fsp3) is 0.645. The highest BCUT2D eigenvalue weighted by molar-refractivity contribution is 5.94. The zero-order valence-corrected chi connectivity index (χ0v) is 25.4. The molecule has 0 aliphatic carbocycles. The van der Waals surface area contributed by atoms with Gasteiger partial charge in [-0.15, -0.1) is 0 Å². The van der Waals surface area contributed by atoms with Crippen LogP contribution in [0, 0.1) is 0 Å². The van der Waals surface area contributed by atoms with E-state index in [0.717, 1.165) is 19.3 Å². The molecule has 1 rings (SSSR count). The molecule has 0 saturated carbocycles. The van der Waals surface area contributed by atoms with Crippen molar-refractivity contribution in [2.45, 2.75) is 115 Å². The molecule has 5 atom stereocenters. The number of carbonyl (C=O) groups is 5. The van der Waals surface area contributed by atoms with E-state index >= 15 is 0 Å². The van der Waals surface area contributed by atoms with Crippen molar-refractivity contribution < 1.29 is 39.3 Å². The highest BCUT2D eigenvalue weighted by Crippen LogP contribution is 2.10. The molecule has 12 heteroatoms. The zero-order valence-electron chi connectivity index (χ0n) is 25.4. The Morgan fingerprint density at radius 1 is 0.721 bits per heavy atom. The Bertz CT molecular complexity index is 976. The van der Waals surface area contributed by atoms with Crippen LogP contribution >= 0.6 is 0 Å². The molecular weight excluding hydrogens is 556 g/mol.